The number of nitrogens with zero attached hydrogens (tertiary/aromatic N) is 2. The number of rotatable bonds is 4. The Bertz CT molecular complexity index is 995. The molecular weight excluding hydrogens is 342 g/mol. The Hall–Kier alpha value is -3.28. The molecule has 138 valence electrons. The molecule has 1 aromatic heterocycles. The number of hydrogen-bond acceptors (Lipinski definition) is 3. The van der Waals surface area contributed by atoms with Crippen molar-refractivity contribution in [1.82, 2.24) is 14.8 Å². The van der Waals surface area contributed by atoms with Gasteiger partial charge in [0.15, 0.2) is 0 Å². The Kier molecular flexibility index (Phi) is 4.54. The first-order chi connectivity index (χ1) is 13.1. The topological polar surface area (TPSA) is 65.6 Å². The lowest BCUT2D eigenvalue weighted by molar-refractivity contribution is -0.135. The fourth-order valence-electron chi connectivity index (χ4n) is 3.40. The summed E-state index contributed by atoms with van der Waals surface area (Å²) in [6.45, 7) is 1.67. The minimum absolute atomic E-state index is 0.0432. The van der Waals surface area contributed by atoms with Gasteiger partial charge in [-0.15, -0.1) is 0 Å². The van der Waals surface area contributed by atoms with Crippen molar-refractivity contribution in [1.29, 1.82) is 0 Å². The third kappa shape index (κ3) is 3.51. The standard InChI is InChI=1S/C21H21N3O3/c1-27-18-4-2-3-15(11-18)13-23-9-10-24(14-20(23)25)21(26)17-6-5-16-7-8-22-19(16)12-17/h2-8,11-12,22H,9-10,13-14H2,1H3. The zero-order chi connectivity index (χ0) is 18.8. The molecule has 0 unspecified atom stereocenters. The molecule has 0 saturated carbocycles. The van der Waals surface area contributed by atoms with Crippen LogP contribution in [0.3, 0.4) is 0 Å². The molecule has 2 aromatic carbocycles. The van der Waals surface area contributed by atoms with Crippen molar-refractivity contribution in [3.8, 4) is 5.75 Å². The number of fused-ring (bicyclic) bond motifs is 1. The van der Waals surface area contributed by atoms with Crippen molar-refractivity contribution in [2.24, 2.45) is 0 Å². The lowest BCUT2D eigenvalue weighted by Gasteiger charge is -2.34. The van der Waals surface area contributed by atoms with E-state index in [-0.39, 0.29) is 18.4 Å². The van der Waals surface area contributed by atoms with Gasteiger partial charge in [0.2, 0.25) is 5.91 Å². The van der Waals surface area contributed by atoms with E-state index in [9.17, 15) is 9.59 Å². The molecule has 0 spiro atoms. The minimum Gasteiger partial charge on any atom is -0.497 e. The largest absolute Gasteiger partial charge is 0.497 e. The number of hydrogen-bond donors (Lipinski definition) is 1. The molecule has 1 fully saturated rings. The molecule has 3 aromatic rings. The average Bonchev–Trinajstić information content (AvgIpc) is 3.17. The van der Waals surface area contributed by atoms with E-state index < -0.39 is 0 Å². The fourth-order valence-corrected chi connectivity index (χ4v) is 3.40. The van der Waals surface area contributed by atoms with Crippen molar-refractivity contribution in [2.45, 2.75) is 6.54 Å². The maximum Gasteiger partial charge on any atom is 0.254 e. The van der Waals surface area contributed by atoms with Crippen molar-refractivity contribution < 1.29 is 14.3 Å². The Labute approximate surface area is 157 Å². The molecule has 0 atom stereocenters. The van der Waals surface area contributed by atoms with Gasteiger partial charge in [-0.1, -0.05) is 18.2 Å². The van der Waals surface area contributed by atoms with E-state index in [4.69, 9.17) is 4.74 Å². The minimum atomic E-state index is -0.110. The molecule has 1 aliphatic rings. The fraction of sp³-hybridized carbons (Fsp3) is 0.238. The van der Waals surface area contributed by atoms with E-state index in [1.165, 1.54) is 0 Å². The van der Waals surface area contributed by atoms with Gasteiger partial charge in [-0.05, 0) is 41.3 Å². The molecule has 0 aliphatic carbocycles. The summed E-state index contributed by atoms with van der Waals surface area (Å²) in [7, 11) is 1.62. The van der Waals surface area contributed by atoms with Crippen molar-refractivity contribution in [3.63, 3.8) is 0 Å². The Morgan fingerprint density at radius 3 is 2.85 bits per heavy atom. The molecule has 1 saturated heterocycles. The second-order valence-electron chi connectivity index (χ2n) is 6.67. The van der Waals surface area contributed by atoms with Crippen LogP contribution in [-0.4, -0.2) is 53.3 Å². The molecule has 27 heavy (non-hydrogen) atoms. The molecule has 4 rings (SSSR count). The summed E-state index contributed by atoms with van der Waals surface area (Å²) in [6, 6.07) is 15.2. The first-order valence-corrected chi connectivity index (χ1v) is 8.91. The smallest absolute Gasteiger partial charge is 0.254 e. The van der Waals surface area contributed by atoms with E-state index in [2.05, 4.69) is 4.98 Å². The van der Waals surface area contributed by atoms with E-state index in [0.29, 0.717) is 25.2 Å². The summed E-state index contributed by atoms with van der Waals surface area (Å²) in [6.07, 6.45) is 1.85. The molecule has 0 radical (unpaired) electrons. The summed E-state index contributed by atoms with van der Waals surface area (Å²) >= 11 is 0. The highest BCUT2D eigenvalue weighted by atomic mass is 16.5. The second kappa shape index (κ2) is 7.15. The Morgan fingerprint density at radius 1 is 1.15 bits per heavy atom. The molecular formula is C21H21N3O3. The van der Waals surface area contributed by atoms with Crippen LogP contribution in [-0.2, 0) is 11.3 Å². The highest BCUT2D eigenvalue weighted by molar-refractivity contribution is 5.99. The maximum atomic E-state index is 12.8. The summed E-state index contributed by atoms with van der Waals surface area (Å²) in [4.78, 5) is 31.9. The van der Waals surface area contributed by atoms with E-state index in [1.54, 1.807) is 16.9 Å². The van der Waals surface area contributed by atoms with Crippen molar-refractivity contribution >= 4 is 22.7 Å². The lowest BCUT2D eigenvalue weighted by atomic mass is 10.1. The SMILES string of the molecule is COc1cccc(CN2CCN(C(=O)c3ccc4cc[nH]c4c3)CC2=O)c1. The zero-order valence-corrected chi connectivity index (χ0v) is 15.1. The van der Waals surface area contributed by atoms with Gasteiger partial charge in [-0.3, -0.25) is 9.59 Å². The van der Waals surface area contributed by atoms with Gasteiger partial charge in [-0.2, -0.15) is 0 Å². The molecule has 1 aliphatic heterocycles. The van der Waals surface area contributed by atoms with Crippen LogP contribution in [0.25, 0.3) is 10.9 Å². The number of aromatic amines is 1. The van der Waals surface area contributed by atoms with Crippen LogP contribution in [0.15, 0.2) is 54.7 Å². The molecule has 2 heterocycles. The molecule has 6 nitrogen and oxygen atoms in total. The van der Waals surface area contributed by atoms with Crippen molar-refractivity contribution in [2.75, 3.05) is 26.7 Å². The van der Waals surface area contributed by atoms with Gasteiger partial charge in [0, 0.05) is 36.9 Å². The van der Waals surface area contributed by atoms with Crippen LogP contribution < -0.4 is 4.74 Å². The first kappa shape index (κ1) is 17.1. The van der Waals surface area contributed by atoms with E-state index in [1.807, 2.05) is 54.7 Å². The second-order valence-corrected chi connectivity index (χ2v) is 6.67. The quantitative estimate of drug-likeness (QED) is 0.775. The lowest BCUT2D eigenvalue weighted by Crippen LogP contribution is -2.51. The van der Waals surface area contributed by atoms with Gasteiger partial charge in [-0.25, -0.2) is 0 Å². The van der Waals surface area contributed by atoms with Crippen LogP contribution in [0.2, 0.25) is 0 Å². The summed E-state index contributed by atoms with van der Waals surface area (Å²) in [5.41, 5.74) is 2.53. The number of ether oxygens (including phenoxy) is 1. The van der Waals surface area contributed by atoms with Crippen LogP contribution in [0, 0.1) is 0 Å². The van der Waals surface area contributed by atoms with Gasteiger partial charge in [0.25, 0.3) is 5.91 Å². The Balaban J connectivity index is 1.43. The highest BCUT2D eigenvalue weighted by Crippen LogP contribution is 2.18. The number of carbonyl (C=O) groups excluding carboxylic acids is 2. The predicted octanol–water partition coefficient (Wildman–Crippen LogP) is 2.66. The maximum absolute atomic E-state index is 12.8. The van der Waals surface area contributed by atoms with Gasteiger partial charge < -0.3 is 19.5 Å². The summed E-state index contributed by atoms with van der Waals surface area (Å²) < 4.78 is 5.23. The highest BCUT2D eigenvalue weighted by Gasteiger charge is 2.28. The average molecular weight is 363 g/mol. The first-order valence-electron chi connectivity index (χ1n) is 8.91. The summed E-state index contributed by atoms with van der Waals surface area (Å²) in [5, 5.41) is 1.06. The molecule has 0 bridgehead atoms. The van der Waals surface area contributed by atoms with Crippen molar-refractivity contribution in [3.05, 3.63) is 65.9 Å². The van der Waals surface area contributed by atoms with Crippen LogP contribution >= 0.6 is 0 Å². The third-order valence-corrected chi connectivity index (χ3v) is 4.92. The van der Waals surface area contributed by atoms with Gasteiger partial charge >= 0.3 is 0 Å². The number of nitrogens with one attached hydrogen (secondary N) is 1. The number of methoxy groups -OCH3 is 1. The van der Waals surface area contributed by atoms with Crippen LogP contribution in [0.5, 0.6) is 5.75 Å². The molecule has 6 heteroatoms. The van der Waals surface area contributed by atoms with Crippen LogP contribution in [0.1, 0.15) is 15.9 Å². The number of benzene rings is 2. The van der Waals surface area contributed by atoms with E-state index >= 15 is 0 Å². The van der Waals surface area contributed by atoms with Gasteiger partial charge in [0.05, 0.1) is 7.11 Å². The third-order valence-electron chi connectivity index (χ3n) is 4.92. The zero-order valence-electron chi connectivity index (χ0n) is 15.1. The van der Waals surface area contributed by atoms with Gasteiger partial charge in [0.1, 0.15) is 12.3 Å². The number of carbonyl (C=O) groups is 2. The monoisotopic (exact) mass is 363 g/mol. The van der Waals surface area contributed by atoms with E-state index in [0.717, 1.165) is 22.2 Å². The number of amides is 2. The number of aromatic nitrogens is 1. The molecule has 2 amide bonds. The normalized spacial score (nSPS) is 14.6. The number of piperazine rings is 1. The Morgan fingerprint density at radius 2 is 2.04 bits per heavy atom. The number of H-pyrrole nitrogens is 1. The molecule has 1 N–H and O–H groups in total. The predicted molar refractivity (Wildman–Crippen MR) is 103 cm³/mol. The van der Waals surface area contributed by atoms with Crippen LogP contribution in [0.4, 0.5) is 0 Å². The summed E-state index contributed by atoms with van der Waals surface area (Å²) in [5.74, 6) is 0.618.